The predicted molar refractivity (Wildman–Crippen MR) is 65.2 cm³/mol. The van der Waals surface area contributed by atoms with Crippen LogP contribution in [0.25, 0.3) is 0 Å². The highest BCUT2D eigenvalue weighted by Gasteiger charge is 2.12. The third kappa shape index (κ3) is 3.67. The first-order valence-corrected chi connectivity index (χ1v) is 5.95. The molecule has 5 nitrogen and oxygen atoms in total. The number of carbonyl (C=O) groups excluding carboxylic acids is 1. The fourth-order valence-electron chi connectivity index (χ4n) is 1.20. The first-order valence-electron chi connectivity index (χ1n) is 4.96. The molecule has 0 fully saturated rings. The van der Waals surface area contributed by atoms with E-state index in [-0.39, 0.29) is 23.0 Å². The molecule has 0 atom stereocenters. The number of nitrogen functional groups attached to an aromatic ring is 1. The number of nitrogens with two attached hydrogens (primary N) is 1. The first-order chi connectivity index (χ1) is 8.06. The van der Waals surface area contributed by atoms with E-state index in [4.69, 9.17) is 15.6 Å². The van der Waals surface area contributed by atoms with Crippen molar-refractivity contribution in [3.63, 3.8) is 0 Å². The molecule has 17 heavy (non-hydrogen) atoms. The number of carboxylic acid groups (broad SMARTS) is 1. The summed E-state index contributed by atoms with van der Waals surface area (Å²) >= 11 is 1.16. The molecule has 1 aromatic carbocycles. The Labute approximate surface area is 103 Å². The Morgan fingerprint density at radius 3 is 2.76 bits per heavy atom. The summed E-state index contributed by atoms with van der Waals surface area (Å²) in [6.07, 6.45) is 0. The van der Waals surface area contributed by atoms with E-state index in [2.05, 4.69) is 0 Å². The second kappa shape index (κ2) is 6.15. The smallest absolute Gasteiger partial charge is 0.337 e. The molecule has 1 rings (SSSR count). The Balaban J connectivity index is 2.75. The number of hydrogen-bond acceptors (Lipinski definition) is 5. The molecular weight excluding hydrogens is 242 g/mol. The second-order valence-electron chi connectivity index (χ2n) is 3.12. The molecule has 1 aromatic rings. The highest BCUT2D eigenvalue weighted by Crippen LogP contribution is 2.27. The van der Waals surface area contributed by atoms with Crippen molar-refractivity contribution >= 4 is 29.4 Å². The van der Waals surface area contributed by atoms with Gasteiger partial charge in [-0.25, -0.2) is 4.79 Å². The van der Waals surface area contributed by atoms with Crippen LogP contribution >= 0.6 is 11.8 Å². The molecule has 0 aliphatic heterocycles. The van der Waals surface area contributed by atoms with Gasteiger partial charge in [-0.3, -0.25) is 4.79 Å². The maximum absolute atomic E-state index is 11.1. The molecule has 0 aliphatic rings. The highest BCUT2D eigenvalue weighted by atomic mass is 32.2. The van der Waals surface area contributed by atoms with Crippen LogP contribution in [-0.2, 0) is 9.53 Å². The van der Waals surface area contributed by atoms with Gasteiger partial charge in [0.15, 0.2) is 0 Å². The van der Waals surface area contributed by atoms with Crippen LogP contribution in [0.5, 0.6) is 0 Å². The van der Waals surface area contributed by atoms with Crippen molar-refractivity contribution in [2.75, 3.05) is 18.1 Å². The summed E-state index contributed by atoms with van der Waals surface area (Å²) in [6.45, 7) is 2.05. The number of carbonyl (C=O) groups is 2. The minimum Gasteiger partial charge on any atom is -0.478 e. The van der Waals surface area contributed by atoms with Gasteiger partial charge in [0.2, 0.25) is 0 Å². The van der Waals surface area contributed by atoms with Gasteiger partial charge in [-0.1, -0.05) is 6.07 Å². The fraction of sp³-hybridized carbons (Fsp3) is 0.273. The Hall–Kier alpha value is -1.69. The second-order valence-corrected chi connectivity index (χ2v) is 4.13. The number of carboxylic acids is 1. The normalized spacial score (nSPS) is 9.94. The van der Waals surface area contributed by atoms with Gasteiger partial charge in [-0.05, 0) is 19.1 Å². The molecule has 6 heteroatoms. The molecule has 0 bridgehead atoms. The van der Waals surface area contributed by atoms with Crippen molar-refractivity contribution in [2.24, 2.45) is 0 Å². The number of esters is 1. The van der Waals surface area contributed by atoms with E-state index in [1.807, 2.05) is 0 Å². The van der Waals surface area contributed by atoms with Gasteiger partial charge in [0.25, 0.3) is 0 Å². The summed E-state index contributed by atoms with van der Waals surface area (Å²) in [5.74, 6) is -1.32. The van der Waals surface area contributed by atoms with E-state index in [9.17, 15) is 9.59 Å². The monoisotopic (exact) mass is 255 g/mol. The first kappa shape index (κ1) is 13.4. The lowest BCUT2D eigenvalue weighted by atomic mass is 10.2. The number of thioether (sulfide) groups is 1. The Morgan fingerprint density at radius 1 is 1.47 bits per heavy atom. The van der Waals surface area contributed by atoms with Crippen molar-refractivity contribution in [1.82, 2.24) is 0 Å². The molecular formula is C11H13NO4S. The van der Waals surface area contributed by atoms with Crippen molar-refractivity contribution in [2.45, 2.75) is 11.8 Å². The Bertz CT molecular complexity index is 433. The lowest BCUT2D eigenvalue weighted by Crippen LogP contribution is -2.08. The third-order valence-electron chi connectivity index (χ3n) is 1.95. The van der Waals surface area contributed by atoms with Gasteiger partial charge in [0.05, 0.1) is 23.6 Å². The minimum atomic E-state index is -1.08. The van der Waals surface area contributed by atoms with Crippen LogP contribution in [0, 0.1) is 0 Å². The predicted octanol–water partition coefficient (Wildman–Crippen LogP) is 1.62. The van der Waals surface area contributed by atoms with Crippen molar-refractivity contribution in [3.8, 4) is 0 Å². The summed E-state index contributed by atoms with van der Waals surface area (Å²) in [7, 11) is 0. The van der Waals surface area contributed by atoms with Crippen LogP contribution in [0.15, 0.2) is 23.1 Å². The van der Waals surface area contributed by atoms with E-state index < -0.39 is 5.97 Å². The van der Waals surface area contributed by atoms with Crippen molar-refractivity contribution < 1.29 is 19.4 Å². The largest absolute Gasteiger partial charge is 0.478 e. The Kier molecular flexibility index (Phi) is 4.84. The van der Waals surface area contributed by atoms with Gasteiger partial charge in [-0.2, -0.15) is 0 Å². The van der Waals surface area contributed by atoms with E-state index in [1.54, 1.807) is 19.1 Å². The zero-order chi connectivity index (χ0) is 12.8. The van der Waals surface area contributed by atoms with E-state index in [1.165, 1.54) is 6.07 Å². The number of aromatic carboxylic acids is 1. The third-order valence-corrected chi connectivity index (χ3v) is 2.99. The number of ether oxygens (including phenoxy) is 1. The molecule has 0 aromatic heterocycles. The van der Waals surface area contributed by atoms with Crippen molar-refractivity contribution in [1.29, 1.82) is 0 Å². The molecule has 0 saturated carbocycles. The van der Waals surface area contributed by atoms with Crippen LogP contribution in [0.1, 0.15) is 17.3 Å². The van der Waals surface area contributed by atoms with Gasteiger partial charge >= 0.3 is 11.9 Å². The van der Waals surface area contributed by atoms with Gasteiger partial charge in [-0.15, -0.1) is 11.8 Å². The number of rotatable bonds is 5. The number of para-hydroxylation sites is 1. The molecule has 3 N–H and O–H groups in total. The zero-order valence-corrected chi connectivity index (χ0v) is 10.1. The standard InChI is InChI=1S/C11H13NO4S/c1-2-16-9(13)6-17-8-5-3-4-7(10(8)12)11(14)15/h3-5H,2,6,12H2,1H3,(H,14,15). The van der Waals surface area contributed by atoms with Crippen LogP contribution in [0.4, 0.5) is 5.69 Å². The quantitative estimate of drug-likeness (QED) is 0.472. The summed E-state index contributed by atoms with van der Waals surface area (Å²) in [5, 5.41) is 8.87. The van der Waals surface area contributed by atoms with E-state index in [0.29, 0.717) is 11.5 Å². The zero-order valence-electron chi connectivity index (χ0n) is 9.30. The fourth-order valence-corrected chi connectivity index (χ4v) is 1.99. The molecule has 0 unspecified atom stereocenters. The summed E-state index contributed by atoms with van der Waals surface area (Å²) < 4.78 is 4.76. The number of benzene rings is 1. The summed E-state index contributed by atoms with van der Waals surface area (Å²) in [4.78, 5) is 22.5. The molecule has 92 valence electrons. The molecule has 0 aliphatic carbocycles. The topological polar surface area (TPSA) is 89.6 Å². The average molecular weight is 255 g/mol. The lowest BCUT2D eigenvalue weighted by molar-refractivity contribution is -0.139. The molecule has 0 saturated heterocycles. The van der Waals surface area contributed by atoms with Crippen LogP contribution < -0.4 is 5.73 Å². The maximum atomic E-state index is 11.1. The van der Waals surface area contributed by atoms with E-state index >= 15 is 0 Å². The Morgan fingerprint density at radius 2 is 2.18 bits per heavy atom. The van der Waals surface area contributed by atoms with E-state index in [0.717, 1.165) is 11.8 Å². The lowest BCUT2D eigenvalue weighted by Gasteiger charge is -2.07. The van der Waals surface area contributed by atoms with Gasteiger partial charge in [0.1, 0.15) is 0 Å². The van der Waals surface area contributed by atoms with Gasteiger partial charge < -0.3 is 15.6 Å². The van der Waals surface area contributed by atoms with Crippen molar-refractivity contribution in [3.05, 3.63) is 23.8 Å². The van der Waals surface area contributed by atoms with Crippen LogP contribution in [0.2, 0.25) is 0 Å². The SMILES string of the molecule is CCOC(=O)CSc1cccc(C(=O)O)c1N. The molecule has 0 amide bonds. The maximum Gasteiger partial charge on any atom is 0.337 e. The highest BCUT2D eigenvalue weighted by molar-refractivity contribution is 8.00. The van der Waals surface area contributed by atoms with Crippen LogP contribution in [0.3, 0.4) is 0 Å². The molecule has 0 radical (unpaired) electrons. The minimum absolute atomic E-state index is 0.0406. The van der Waals surface area contributed by atoms with Gasteiger partial charge in [0, 0.05) is 4.90 Å². The molecule has 0 spiro atoms. The number of hydrogen-bond donors (Lipinski definition) is 2. The number of anilines is 1. The molecule has 0 heterocycles. The average Bonchev–Trinajstić information content (AvgIpc) is 2.27. The summed E-state index contributed by atoms with van der Waals surface area (Å²) in [5.41, 5.74) is 5.91. The summed E-state index contributed by atoms with van der Waals surface area (Å²) in [6, 6.07) is 4.69. The van der Waals surface area contributed by atoms with Crippen LogP contribution in [-0.4, -0.2) is 29.4 Å².